The maximum Gasteiger partial charge on any atom is 0.101 e. The molecular weight excluding hydrogens is 302 g/mol. The van der Waals surface area contributed by atoms with Crippen molar-refractivity contribution in [2.45, 2.75) is 25.5 Å². The van der Waals surface area contributed by atoms with Gasteiger partial charge in [-0.3, -0.25) is 0 Å². The van der Waals surface area contributed by atoms with Crippen LogP contribution in [-0.2, 0) is 9.47 Å². The van der Waals surface area contributed by atoms with E-state index < -0.39 is 0 Å². The molecule has 1 aliphatic heterocycles. The molecule has 0 aliphatic carbocycles. The van der Waals surface area contributed by atoms with Crippen LogP contribution in [0, 0.1) is 0 Å². The maximum absolute atomic E-state index is 5.80. The molecule has 1 fully saturated rings. The minimum Gasteiger partial charge on any atom is -0.376 e. The molecule has 2 heterocycles. The van der Waals surface area contributed by atoms with E-state index >= 15 is 0 Å². The minimum absolute atomic E-state index is 0.126. The first kappa shape index (κ1) is 13.5. The lowest BCUT2D eigenvalue weighted by molar-refractivity contribution is -0.102. The maximum atomic E-state index is 5.80. The van der Waals surface area contributed by atoms with E-state index in [0.717, 1.165) is 16.8 Å². The van der Waals surface area contributed by atoms with Gasteiger partial charge in [-0.15, -0.1) is 11.3 Å². The van der Waals surface area contributed by atoms with Gasteiger partial charge in [-0.05, 0) is 41.0 Å². The van der Waals surface area contributed by atoms with E-state index in [4.69, 9.17) is 9.47 Å². The van der Waals surface area contributed by atoms with Crippen LogP contribution < -0.4 is 5.32 Å². The topological polar surface area (TPSA) is 30.5 Å². The van der Waals surface area contributed by atoms with Crippen LogP contribution in [0.5, 0.6) is 0 Å². The summed E-state index contributed by atoms with van der Waals surface area (Å²) in [5, 5.41) is 3.55. The molecule has 0 amide bonds. The second-order valence-electron chi connectivity index (χ2n) is 4.06. The molecule has 1 saturated heterocycles. The number of hydrogen-bond donors (Lipinski definition) is 1. The highest BCUT2D eigenvalue weighted by molar-refractivity contribution is 9.11. The lowest BCUT2D eigenvalue weighted by atomic mass is 10.1. The molecule has 1 aromatic heterocycles. The zero-order valence-electron chi connectivity index (χ0n) is 9.95. The largest absolute Gasteiger partial charge is 0.376 e. The fourth-order valence-corrected chi connectivity index (χ4v) is 3.46. The van der Waals surface area contributed by atoms with Crippen LogP contribution in [0.15, 0.2) is 15.9 Å². The summed E-state index contributed by atoms with van der Waals surface area (Å²) in [5.74, 6) is 0. The lowest BCUT2D eigenvalue weighted by Crippen LogP contribution is -2.40. The van der Waals surface area contributed by atoms with E-state index in [1.807, 2.05) is 0 Å². The average Bonchev–Trinajstić information content (AvgIpc) is 2.78. The Morgan fingerprint density at radius 2 is 2.41 bits per heavy atom. The fourth-order valence-electron chi connectivity index (χ4n) is 1.91. The molecule has 0 aromatic carbocycles. The fraction of sp³-hybridized carbons (Fsp3) is 0.667. The third-order valence-electron chi connectivity index (χ3n) is 2.73. The molecule has 5 heteroatoms. The van der Waals surface area contributed by atoms with Crippen molar-refractivity contribution in [1.82, 2.24) is 5.32 Å². The van der Waals surface area contributed by atoms with Crippen LogP contribution in [0.1, 0.15) is 24.3 Å². The van der Waals surface area contributed by atoms with E-state index in [-0.39, 0.29) is 12.1 Å². The van der Waals surface area contributed by atoms with Crippen LogP contribution in [0.3, 0.4) is 0 Å². The van der Waals surface area contributed by atoms with Crippen molar-refractivity contribution in [3.8, 4) is 0 Å². The van der Waals surface area contributed by atoms with Gasteiger partial charge < -0.3 is 14.8 Å². The van der Waals surface area contributed by atoms with E-state index in [9.17, 15) is 0 Å². The lowest BCUT2D eigenvalue weighted by Gasteiger charge is -2.30. The number of halogens is 1. The molecule has 0 bridgehead atoms. The van der Waals surface area contributed by atoms with Gasteiger partial charge in [-0.25, -0.2) is 0 Å². The molecule has 0 spiro atoms. The van der Waals surface area contributed by atoms with Gasteiger partial charge >= 0.3 is 0 Å². The normalized spacial score (nSPS) is 22.6. The second kappa shape index (κ2) is 6.85. The standard InChI is InChI=1S/C12H18BrNO2S/c1-2-5-14-12(9-8-15-6-7-16-9)10-3-4-11(13)17-10/h3-4,9,12,14H,2,5-8H2,1H3. The molecule has 2 rings (SSSR count). The molecule has 1 aromatic rings. The van der Waals surface area contributed by atoms with Crippen molar-refractivity contribution in [3.63, 3.8) is 0 Å². The number of rotatable bonds is 5. The summed E-state index contributed by atoms with van der Waals surface area (Å²) in [6, 6.07) is 4.48. The third kappa shape index (κ3) is 3.76. The molecule has 1 N–H and O–H groups in total. The highest BCUT2D eigenvalue weighted by Gasteiger charge is 2.27. The molecule has 0 radical (unpaired) electrons. The van der Waals surface area contributed by atoms with Gasteiger partial charge in [-0.2, -0.15) is 0 Å². The SMILES string of the molecule is CCCNC(c1ccc(Br)s1)C1COCCO1. The van der Waals surface area contributed by atoms with E-state index in [1.165, 1.54) is 4.88 Å². The van der Waals surface area contributed by atoms with Crippen LogP contribution in [0.2, 0.25) is 0 Å². The van der Waals surface area contributed by atoms with Gasteiger partial charge in [0.15, 0.2) is 0 Å². The summed E-state index contributed by atoms with van der Waals surface area (Å²) in [6.45, 7) is 5.26. The highest BCUT2D eigenvalue weighted by Crippen LogP contribution is 2.30. The van der Waals surface area contributed by atoms with Gasteiger partial charge in [0, 0.05) is 4.88 Å². The molecule has 2 unspecified atom stereocenters. The predicted octanol–water partition coefficient (Wildman–Crippen LogP) is 2.97. The Balaban J connectivity index is 2.06. The predicted molar refractivity (Wildman–Crippen MR) is 73.6 cm³/mol. The summed E-state index contributed by atoms with van der Waals surface area (Å²) < 4.78 is 12.5. The Morgan fingerprint density at radius 3 is 3.00 bits per heavy atom. The summed E-state index contributed by atoms with van der Waals surface area (Å²) in [6.07, 6.45) is 1.25. The number of hydrogen-bond acceptors (Lipinski definition) is 4. The van der Waals surface area contributed by atoms with Gasteiger partial charge in [0.25, 0.3) is 0 Å². The molecule has 17 heavy (non-hydrogen) atoms. The Morgan fingerprint density at radius 1 is 1.53 bits per heavy atom. The van der Waals surface area contributed by atoms with Crippen LogP contribution >= 0.6 is 27.3 Å². The molecule has 2 atom stereocenters. The Bertz CT molecular complexity index is 339. The summed E-state index contributed by atoms with van der Waals surface area (Å²) in [4.78, 5) is 1.31. The molecule has 0 saturated carbocycles. The monoisotopic (exact) mass is 319 g/mol. The van der Waals surface area contributed by atoms with Gasteiger partial charge in [0.2, 0.25) is 0 Å². The van der Waals surface area contributed by atoms with Crippen LogP contribution in [0.25, 0.3) is 0 Å². The first-order valence-electron chi connectivity index (χ1n) is 5.99. The molecular formula is C12H18BrNO2S. The van der Waals surface area contributed by atoms with Crippen molar-refractivity contribution in [3.05, 3.63) is 20.8 Å². The van der Waals surface area contributed by atoms with Gasteiger partial charge in [-0.1, -0.05) is 6.92 Å². The molecule has 1 aliphatic rings. The summed E-state index contributed by atoms with van der Waals surface area (Å²) in [7, 11) is 0. The zero-order valence-corrected chi connectivity index (χ0v) is 12.4. The smallest absolute Gasteiger partial charge is 0.101 e. The number of thiophene rings is 1. The Labute approximate surface area is 115 Å². The second-order valence-corrected chi connectivity index (χ2v) is 6.55. The number of nitrogens with one attached hydrogen (secondary N) is 1. The molecule has 3 nitrogen and oxygen atoms in total. The van der Waals surface area contributed by atoms with Crippen LogP contribution in [0.4, 0.5) is 0 Å². The van der Waals surface area contributed by atoms with E-state index in [2.05, 4.69) is 40.3 Å². The Hall–Kier alpha value is 0.0600. The first-order chi connectivity index (χ1) is 8.31. The summed E-state index contributed by atoms with van der Waals surface area (Å²) >= 11 is 5.27. The van der Waals surface area contributed by atoms with Crippen molar-refractivity contribution in [2.75, 3.05) is 26.4 Å². The van der Waals surface area contributed by atoms with E-state index in [0.29, 0.717) is 19.8 Å². The van der Waals surface area contributed by atoms with Crippen molar-refractivity contribution in [1.29, 1.82) is 0 Å². The van der Waals surface area contributed by atoms with E-state index in [1.54, 1.807) is 11.3 Å². The van der Waals surface area contributed by atoms with Crippen LogP contribution in [-0.4, -0.2) is 32.5 Å². The quantitative estimate of drug-likeness (QED) is 0.905. The Kier molecular flexibility index (Phi) is 5.44. The minimum atomic E-state index is 0.126. The zero-order chi connectivity index (χ0) is 12.1. The van der Waals surface area contributed by atoms with Crippen molar-refractivity contribution >= 4 is 27.3 Å². The van der Waals surface area contributed by atoms with Crippen molar-refractivity contribution in [2.24, 2.45) is 0 Å². The average molecular weight is 320 g/mol. The van der Waals surface area contributed by atoms with Crippen molar-refractivity contribution < 1.29 is 9.47 Å². The van der Waals surface area contributed by atoms with Gasteiger partial charge in [0.05, 0.1) is 29.6 Å². The molecule has 96 valence electrons. The number of ether oxygens (including phenoxy) is 2. The third-order valence-corrected chi connectivity index (χ3v) is 4.44. The first-order valence-corrected chi connectivity index (χ1v) is 7.60. The highest BCUT2D eigenvalue weighted by atomic mass is 79.9. The summed E-state index contributed by atoms with van der Waals surface area (Å²) in [5.41, 5.74) is 0. The van der Waals surface area contributed by atoms with Gasteiger partial charge in [0.1, 0.15) is 6.10 Å².